The van der Waals surface area contributed by atoms with Crippen molar-refractivity contribution in [2.24, 2.45) is 0 Å². The van der Waals surface area contributed by atoms with Crippen LogP contribution in [-0.2, 0) is 21.5 Å². The van der Waals surface area contributed by atoms with Crippen molar-refractivity contribution in [2.45, 2.75) is 44.9 Å². The molecular formula is C31H32FN5O2S. The fourth-order valence-electron chi connectivity index (χ4n) is 4.88. The molecule has 0 fully saturated rings. The lowest BCUT2D eigenvalue weighted by Crippen LogP contribution is -2.42. The number of carbonyl (C=O) groups is 2. The number of thioether (sulfide) groups is 1. The van der Waals surface area contributed by atoms with Gasteiger partial charge >= 0.3 is 0 Å². The molecule has 0 saturated heterocycles. The first kappa shape index (κ1) is 27.6. The Labute approximate surface area is 237 Å². The van der Waals surface area contributed by atoms with Gasteiger partial charge in [0, 0.05) is 35.5 Å². The second-order valence-corrected chi connectivity index (χ2v) is 12.0. The van der Waals surface area contributed by atoms with Crippen LogP contribution in [0.5, 0.6) is 0 Å². The van der Waals surface area contributed by atoms with E-state index in [1.807, 2.05) is 37.3 Å². The van der Waals surface area contributed by atoms with Gasteiger partial charge in [0.15, 0.2) is 0 Å². The van der Waals surface area contributed by atoms with Gasteiger partial charge < -0.3 is 5.32 Å². The highest BCUT2D eigenvalue weighted by atomic mass is 32.2. The Kier molecular flexibility index (Phi) is 7.76. The highest BCUT2D eigenvalue weighted by Crippen LogP contribution is 2.49. The molecule has 0 saturated carbocycles. The van der Waals surface area contributed by atoms with E-state index >= 15 is 4.39 Å². The molecule has 9 heteroatoms. The Balaban J connectivity index is 1.68. The van der Waals surface area contributed by atoms with Gasteiger partial charge in [-0.2, -0.15) is 5.10 Å². The summed E-state index contributed by atoms with van der Waals surface area (Å²) in [5.74, 6) is -0.311. The van der Waals surface area contributed by atoms with Gasteiger partial charge in [-0.1, -0.05) is 63.2 Å². The van der Waals surface area contributed by atoms with E-state index in [0.29, 0.717) is 17.9 Å². The van der Waals surface area contributed by atoms with Crippen molar-refractivity contribution in [1.29, 1.82) is 0 Å². The molecule has 2 aromatic carbocycles. The molecule has 1 aliphatic rings. The third-order valence-corrected chi connectivity index (χ3v) is 8.08. The Morgan fingerprint density at radius 1 is 1.10 bits per heavy atom. The first-order chi connectivity index (χ1) is 19.1. The average Bonchev–Trinajstić information content (AvgIpc) is 3.27. The van der Waals surface area contributed by atoms with Gasteiger partial charge in [-0.25, -0.2) is 9.07 Å². The molecule has 0 unspecified atom stereocenters. The van der Waals surface area contributed by atoms with Crippen LogP contribution in [0.15, 0.2) is 73.1 Å². The first-order valence-corrected chi connectivity index (χ1v) is 14.2. The van der Waals surface area contributed by atoms with E-state index in [-0.39, 0.29) is 29.9 Å². The van der Waals surface area contributed by atoms with Crippen LogP contribution in [0.3, 0.4) is 0 Å². The normalized spacial score (nSPS) is 15.5. The lowest BCUT2D eigenvalue weighted by molar-refractivity contribution is -0.123. The molecule has 0 aliphatic carbocycles. The number of carbonyl (C=O) groups excluding carboxylic acids is 2. The molecule has 2 amide bonds. The number of aromatic nitrogens is 3. The summed E-state index contributed by atoms with van der Waals surface area (Å²) in [6.07, 6.45) is 3.36. The van der Waals surface area contributed by atoms with Crippen LogP contribution in [-0.4, -0.2) is 38.9 Å². The van der Waals surface area contributed by atoms with E-state index in [1.165, 1.54) is 22.7 Å². The molecule has 0 radical (unpaired) electrons. The molecule has 2 aromatic heterocycles. The number of benzene rings is 2. The topological polar surface area (TPSA) is 80.1 Å². The number of rotatable bonds is 6. The third-order valence-electron chi connectivity index (χ3n) is 6.84. The van der Waals surface area contributed by atoms with Crippen molar-refractivity contribution in [3.8, 4) is 5.69 Å². The summed E-state index contributed by atoms with van der Waals surface area (Å²) < 4.78 is 17.0. The van der Waals surface area contributed by atoms with E-state index in [1.54, 1.807) is 41.3 Å². The number of pyridine rings is 1. The van der Waals surface area contributed by atoms with Gasteiger partial charge in [-0.3, -0.25) is 19.5 Å². The van der Waals surface area contributed by atoms with Crippen molar-refractivity contribution in [2.75, 3.05) is 17.2 Å². The van der Waals surface area contributed by atoms with Gasteiger partial charge in [0.05, 0.1) is 22.4 Å². The Hall–Kier alpha value is -3.98. The monoisotopic (exact) mass is 557 g/mol. The number of anilines is 1. The standard InChI is InChI=1S/C31H32FN5O2S/c1-20-10-5-8-14-24(20)37-30-27(29(35-37)31(2,3)4)28(22-12-6-7-13-23(22)32)40-19-26(39)36(30)18-25(38)34-17-21-11-9-15-33-16-21/h5-16,28H,17-19H2,1-4H3,(H,34,38)/t28-/m0/s1. The molecule has 0 spiro atoms. The second-order valence-electron chi connectivity index (χ2n) is 10.9. The molecule has 206 valence electrons. The molecule has 3 heterocycles. The summed E-state index contributed by atoms with van der Waals surface area (Å²) in [6.45, 7) is 8.23. The third kappa shape index (κ3) is 5.51. The second kappa shape index (κ2) is 11.3. The molecule has 0 bridgehead atoms. The quantitative estimate of drug-likeness (QED) is 0.339. The number of halogens is 1. The minimum atomic E-state index is -0.490. The number of para-hydroxylation sites is 1. The van der Waals surface area contributed by atoms with Crippen LogP contribution in [0.2, 0.25) is 0 Å². The van der Waals surface area contributed by atoms with Crippen LogP contribution in [0.25, 0.3) is 5.69 Å². The average molecular weight is 558 g/mol. The first-order valence-electron chi connectivity index (χ1n) is 13.2. The van der Waals surface area contributed by atoms with Gasteiger partial charge in [0.1, 0.15) is 18.2 Å². The van der Waals surface area contributed by atoms with Gasteiger partial charge in [0.25, 0.3) is 0 Å². The number of aryl methyl sites for hydroxylation is 1. The number of amides is 2. The predicted octanol–water partition coefficient (Wildman–Crippen LogP) is 5.50. The van der Waals surface area contributed by atoms with Gasteiger partial charge in [-0.15, -0.1) is 11.8 Å². The van der Waals surface area contributed by atoms with Gasteiger partial charge in [-0.05, 0) is 36.2 Å². The summed E-state index contributed by atoms with van der Waals surface area (Å²) in [6, 6.07) is 18.1. The molecule has 7 nitrogen and oxygen atoms in total. The maximum atomic E-state index is 15.3. The minimum absolute atomic E-state index is 0.0842. The van der Waals surface area contributed by atoms with Crippen molar-refractivity contribution in [3.05, 3.63) is 107 Å². The molecular weight excluding hydrogens is 525 g/mol. The largest absolute Gasteiger partial charge is 0.350 e. The number of nitrogens with zero attached hydrogens (tertiary/aromatic N) is 4. The van der Waals surface area contributed by atoms with E-state index < -0.39 is 10.7 Å². The number of fused-ring (bicyclic) bond motifs is 1. The summed E-state index contributed by atoms with van der Waals surface area (Å²) in [4.78, 5) is 32.6. The van der Waals surface area contributed by atoms with Crippen molar-refractivity contribution in [1.82, 2.24) is 20.1 Å². The molecule has 40 heavy (non-hydrogen) atoms. The van der Waals surface area contributed by atoms with Crippen LogP contribution < -0.4 is 10.2 Å². The highest BCUT2D eigenvalue weighted by molar-refractivity contribution is 8.00. The van der Waals surface area contributed by atoms with Crippen LogP contribution in [0.1, 0.15) is 54.0 Å². The van der Waals surface area contributed by atoms with Crippen LogP contribution in [0, 0.1) is 12.7 Å². The zero-order valence-corrected chi connectivity index (χ0v) is 23.8. The zero-order chi connectivity index (χ0) is 28.4. The number of hydrogen-bond acceptors (Lipinski definition) is 5. The lowest BCUT2D eigenvalue weighted by Gasteiger charge is -2.25. The Morgan fingerprint density at radius 3 is 2.55 bits per heavy atom. The Morgan fingerprint density at radius 2 is 1.85 bits per heavy atom. The fraction of sp³-hybridized carbons (Fsp3) is 0.290. The van der Waals surface area contributed by atoms with Crippen LogP contribution in [0.4, 0.5) is 10.2 Å². The highest BCUT2D eigenvalue weighted by Gasteiger charge is 2.40. The lowest BCUT2D eigenvalue weighted by atomic mass is 9.87. The minimum Gasteiger partial charge on any atom is -0.350 e. The fourth-order valence-corrected chi connectivity index (χ4v) is 6.10. The van der Waals surface area contributed by atoms with Crippen molar-refractivity contribution in [3.63, 3.8) is 0 Å². The Bertz CT molecular complexity index is 1550. The maximum Gasteiger partial charge on any atom is 0.240 e. The summed E-state index contributed by atoms with van der Waals surface area (Å²) in [7, 11) is 0. The smallest absolute Gasteiger partial charge is 0.240 e. The molecule has 4 aromatic rings. The molecule has 1 atom stereocenters. The zero-order valence-electron chi connectivity index (χ0n) is 23.0. The molecule has 1 N–H and O–H groups in total. The van der Waals surface area contributed by atoms with Crippen molar-refractivity contribution < 1.29 is 14.0 Å². The summed E-state index contributed by atoms with van der Waals surface area (Å²) in [5, 5.41) is 7.49. The van der Waals surface area contributed by atoms with E-state index in [9.17, 15) is 9.59 Å². The van der Waals surface area contributed by atoms with E-state index in [0.717, 1.165) is 28.1 Å². The summed E-state index contributed by atoms with van der Waals surface area (Å²) in [5.41, 5.74) is 4.17. The number of hydrogen-bond donors (Lipinski definition) is 1. The van der Waals surface area contributed by atoms with Crippen molar-refractivity contribution >= 4 is 29.4 Å². The predicted molar refractivity (Wildman–Crippen MR) is 156 cm³/mol. The van der Waals surface area contributed by atoms with Gasteiger partial charge in [0.2, 0.25) is 11.8 Å². The summed E-state index contributed by atoms with van der Waals surface area (Å²) >= 11 is 1.36. The molecule has 1 aliphatic heterocycles. The van der Waals surface area contributed by atoms with E-state index in [4.69, 9.17) is 5.10 Å². The van der Waals surface area contributed by atoms with E-state index in [2.05, 4.69) is 31.1 Å². The number of nitrogens with one attached hydrogen (secondary N) is 1. The van der Waals surface area contributed by atoms with Crippen LogP contribution >= 0.6 is 11.8 Å². The SMILES string of the molecule is Cc1ccccc1-n1nc(C(C)(C)C)c2c1N(CC(=O)NCc1cccnc1)C(=O)CS[C@H]2c1ccccc1F. The molecule has 5 rings (SSSR count). The maximum absolute atomic E-state index is 15.3.